The number of halogens is 1. The van der Waals surface area contributed by atoms with E-state index in [2.05, 4.69) is 0 Å². The van der Waals surface area contributed by atoms with Gasteiger partial charge in [0, 0.05) is 0 Å². The number of ether oxygens (including phenoxy) is 1. The van der Waals surface area contributed by atoms with E-state index >= 15 is 0 Å². The maximum Gasteiger partial charge on any atom is 0.119 e. The van der Waals surface area contributed by atoms with Crippen LogP contribution in [0.25, 0.3) is 11.1 Å². The van der Waals surface area contributed by atoms with Gasteiger partial charge in [-0.05, 0) is 42.3 Å². The van der Waals surface area contributed by atoms with Gasteiger partial charge in [-0.2, -0.15) is 0 Å². The quantitative estimate of drug-likeness (QED) is 0.833. The lowest BCUT2D eigenvalue weighted by Crippen LogP contribution is -1.91. The van der Waals surface area contributed by atoms with E-state index in [1.54, 1.807) is 0 Å². The lowest BCUT2D eigenvalue weighted by molar-refractivity contribution is 0.340. The zero-order valence-electron chi connectivity index (χ0n) is 9.61. The van der Waals surface area contributed by atoms with Gasteiger partial charge in [0.05, 0.1) is 17.3 Å². The molecule has 3 heteroatoms. The van der Waals surface area contributed by atoms with E-state index in [1.165, 1.54) is 0 Å². The third kappa shape index (κ3) is 2.71. The molecule has 0 bridgehead atoms. The van der Waals surface area contributed by atoms with Crippen LogP contribution in [-0.4, -0.2) is 6.61 Å². The van der Waals surface area contributed by atoms with E-state index in [0.717, 1.165) is 16.9 Å². The fourth-order valence-corrected chi connectivity index (χ4v) is 1.80. The summed E-state index contributed by atoms with van der Waals surface area (Å²) in [6.45, 7) is 2.64. The molecule has 0 radical (unpaired) electrons. The van der Waals surface area contributed by atoms with Crippen molar-refractivity contribution in [3.8, 4) is 16.9 Å². The number of nitrogens with two attached hydrogens (primary N) is 1. The fourth-order valence-electron chi connectivity index (χ4n) is 1.62. The first kappa shape index (κ1) is 11.8. The number of anilines is 1. The van der Waals surface area contributed by atoms with Crippen molar-refractivity contribution < 1.29 is 4.74 Å². The Bertz CT molecular complexity index is 508. The SMILES string of the molecule is CCOc1ccc(-c2ccc(N)c(Cl)c2)cc1. The minimum Gasteiger partial charge on any atom is -0.494 e. The largest absolute Gasteiger partial charge is 0.494 e. The Morgan fingerprint density at radius 3 is 2.29 bits per heavy atom. The summed E-state index contributed by atoms with van der Waals surface area (Å²) in [5.74, 6) is 0.873. The number of nitrogen functional groups attached to an aromatic ring is 1. The summed E-state index contributed by atoms with van der Waals surface area (Å²) in [5.41, 5.74) is 8.42. The van der Waals surface area contributed by atoms with Gasteiger partial charge in [0.25, 0.3) is 0 Å². The highest BCUT2D eigenvalue weighted by atomic mass is 35.5. The van der Waals surface area contributed by atoms with Gasteiger partial charge in [-0.15, -0.1) is 0 Å². The maximum atomic E-state index is 6.00. The van der Waals surface area contributed by atoms with E-state index in [1.807, 2.05) is 49.4 Å². The minimum atomic E-state index is 0.580. The molecule has 88 valence electrons. The zero-order chi connectivity index (χ0) is 12.3. The Morgan fingerprint density at radius 1 is 1.06 bits per heavy atom. The lowest BCUT2D eigenvalue weighted by Gasteiger charge is -2.06. The lowest BCUT2D eigenvalue weighted by atomic mass is 10.1. The summed E-state index contributed by atoms with van der Waals surface area (Å²) in [4.78, 5) is 0. The molecule has 0 heterocycles. The van der Waals surface area contributed by atoms with Gasteiger partial charge >= 0.3 is 0 Å². The van der Waals surface area contributed by atoms with E-state index in [0.29, 0.717) is 17.3 Å². The normalized spacial score (nSPS) is 10.2. The van der Waals surface area contributed by atoms with Crippen molar-refractivity contribution in [3.05, 3.63) is 47.5 Å². The van der Waals surface area contributed by atoms with Crippen LogP contribution in [-0.2, 0) is 0 Å². The Hall–Kier alpha value is -1.67. The molecular formula is C14H14ClNO. The molecule has 2 rings (SSSR count). The van der Waals surface area contributed by atoms with Crippen molar-refractivity contribution in [1.82, 2.24) is 0 Å². The van der Waals surface area contributed by atoms with Gasteiger partial charge in [0.2, 0.25) is 0 Å². The molecule has 17 heavy (non-hydrogen) atoms. The van der Waals surface area contributed by atoms with Crippen LogP contribution in [0.15, 0.2) is 42.5 Å². The highest BCUT2D eigenvalue weighted by Gasteiger charge is 2.01. The number of hydrogen-bond donors (Lipinski definition) is 1. The molecule has 0 saturated carbocycles. The van der Waals surface area contributed by atoms with Gasteiger partial charge in [0.15, 0.2) is 0 Å². The first-order chi connectivity index (χ1) is 8.20. The van der Waals surface area contributed by atoms with E-state index in [4.69, 9.17) is 22.1 Å². The second-order valence-electron chi connectivity index (χ2n) is 3.69. The molecule has 2 N–H and O–H groups in total. The molecule has 0 aliphatic carbocycles. The first-order valence-electron chi connectivity index (χ1n) is 5.49. The highest BCUT2D eigenvalue weighted by Crippen LogP contribution is 2.28. The van der Waals surface area contributed by atoms with Gasteiger partial charge in [-0.25, -0.2) is 0 Å². The van der Waals surface area contributed by atoms with Crippen LogP contribution in [0.3, 0.4) is 0 Å². The molecule has 0 spiro atoms. The van der Waals surface area contributed by atoms with E-state index in [9.17, 15) is 0 Å². The van der Waals surface area contributed by atoms with Gasteiger partial charge in [-0.3, -0.25) is 0 Å². The summed E-state index contributed by atoms with van der Waals surface area (Å²) in [5, 5.41) is 0.580. The molecular weight excluding hydrogens is 234 g/mol. The number of benzene rings is 2. The summed E-state index contributed by atoms with van der Waals surface area (Å²) < 4.78 is 5.39. The van der Waals surface area contributed by atoms with E-state index in [-0.39, 0.29) is 0 Å². The predicted molar refractivity (Wildman–Crippen MR) is 72.5 cm³/mol. The number of rotatable bonds is 3. The third-order valence-electron chi connectivity index (χ3n) is 2.50. The van der Waals surface area contributed by atoms with E-state index < -0.39 is 0 Å². The molecule has 0 aromatic heterocycles. The average molecular weight is 248 g/mol. The fraction of sp³-hybridized carbons (Fsp3) is 0.143. The van der Waals surface area contributed by atoms with Gasteiger partial charge < -0.3 is 10.5 Å². The van der Waals surface area contributed by atoms with Crippen LogP contribution in [0, 0.1) is 0 Å². The van der Waals surface area contributed by atoms with Gasteiger partial charge in [-0.1, -0.05) is 29.8 Å². The molecule has 2 aromatic carbocycles. The maximum absolute atomic E-state index is 6.00. The van der Waals surface area contributed by atoms with Crippen molar-refractivity contribution in [2.75, 3.05) is 12.3 Å². The summed E-state index contributed by atoms with van der Waals surface area (Å²) in [6, 6.07) is 13.5. The van der Waals surface area contributed by atoms with Crippen LogP contribution < -0.4 is 10.5 Å². The third-order valence-corrected chi connectivity index (χ3v) is 2.83. The Labute approximate surface area is 106 Å². The Kier molecular flexibility index (Phi) is 3.55. The van der Waals surface area contributed by atoms with Crippen molar-refractivity contribution in [1.29, 1.82) is 0 Å². The van der Waals surface area contributed by atoms with Crippen LogP contribution in [0.1, 0.15) is 6.92 Å². The molecule has 0 aliphatic heterocycles. The second kappa shape index (κ2) is 5.11. The molecule has 0 saturated heterocycles. The smallest absolute Gasteiger partial charge is 0.119 e. The molecule has 2 aromatic rings. The van der Waals surface area contributed by atoms with Crippen molar-refractivity contribution >= 4 is 17.3 Å². The molecule has 0 atom stereocenters. The topological polar surface area (TPSA) is 35.2 Å². The monoisotopic (exact) mass is 247 g/mol. The standard InChI is InChI=1S/C14H14ClNO/c1-2-17-12-6-3-10(4-7-12)11-5-8-14(16)13(15)9-11/h3-9H,2,16H2,1H3. The summed E-state index contributed by atoms with van der Waals surface area (Å²) >= 11 is 6.00. The summed E-state index contributed by atoms with van der Waals surface area (Å²) in [7, 11) is 0. The van der Waals surface area contributed by atoms with Crippen molar-refractivity contribution in [2.45, 2.75) is 6.92 Å². The molecule has 0 aliphatic rings. The zero-order valence-corrected chi connectivity index (χ0v) is 10.4. The second-order valence-corrected chi connectivity index (χ2v) is 4.10. The molecule has 0 unspecified atom stereocenters. The average Bonchev–Trinajstić information content (AvgIpc) is 2.34. The minimum absolute atomic E-state index is 0.580. The van der Waals surface area contributed by atoms with Crippen LogP contribution in [0.4, 0.5) is 5.69 Å². The summed E-state index contributed by atoms with van der Waals surface area (Å²) in [6.07, 6.45) is 0. The van der Waals surface area contributed by atoms with Crippen LogP contribution in [0.2, 0.25) is 5.02 Å². The van der Waals surface area contributed by atoms with Crippen molar-refractivity contribution in [3.63, 3.8) is 0 Å². The molecule has 0 amide bonds. The Morgan fingerprint density at radius 2 is 1.71 bits per heavy atom. The predicted octanol–water partition coefficient (Wildman–Crippen LogP) is 3.99. The van der Waals surface area contributed by atoms with Gasteiger partial charge in [0.1, 0.15) is 5.75 Å². The van der Waals surface area contributed by atoms with Crippen molar-refractivity contribution in [2.24, 2.45) is 0 Å². The molecule has 2 nitrogen and oxygen atoms in total. The Balaban J connectivity index is 2.30. The number of hydrogen-bond acceptors (Lipinski definition) is 2. The molecule has 0 fully saturated rings. The van der Waals surface area contributed by atoms with Crippen LogP contribution >= 0.6 is 11.6 Å². The highest BCUT2D eigenvalue weighted by molar-refractivity contribution is 6.33. The van der Waals surface area contributed by atoms with Crippen LogP contribution in [0.5, 0.6) is 5.75 Å². The first-order valence-corrected chi connectivity index (χ1v) is 5.86.